The predicted octanol–water partition coefficient (Wildman–Crippen LogP) is 3.98. The van der Waals surface area contributed by atoms with Gasteiger partial charge in [-0.3, -0.25) is 4.79 Å². The molecule has 19 heavy (non-hydrogen) atoms. The lowest BCUT2D eigenvalue weighted by molar-refractivity contribution is -0.153. The van der Waals surface area contributed by atoms with Gasteiger partial charge in [-0.1, -0.05) is 57.0 Å². The number of hydrogen-bond donors (Lipinski definition) is 0. The fourth-order valence-electron chi connectivity index (χ4n) is 1.53. The zero-order valence-corrected chi connectivity index (χ0v) is 12.2. The summed E-state index contributed by atoms with van der Waals surface area (Å²) in [5.41, 5.74) is 0. The first-order chi connectivity index (χ1) is 9.20. The molecule has 0 aliphatic carbocycles. The topological polar surface area (TPSA) is 61.8 Å². The molecule has 0 unspecified atom stereocenters. The minimum Gasteiger partial charge on any atom is -0.428 e. The number of carbonyl (C=O) groups excluding carboxylic acids is 2. The molecule has 0 aromatic rings. The van der Waals surface area contributed by atoms with Crippen LogP contribution in [0.15, 0.2) is 0 Å². The molecular weight excluding hydrogens is 272 g/mol. The molecule has 0 heterocycles. The van der Waals surface area contributed by atoms with E-state index in [1.54, 1.807) is 0 Å². The van der Waals surface area contributed by atoms with Crippen LogP contribution in [-0.2, 0) is 19.0 Å². The van der Waals surface area contributed by atoms with E-state index in [1.165, 1.54) is 25.7 Å². The highest BCUT2D eigenvalue weighted by Gasteiger charge is 2.06. The van der Waals surface area contributed by atoms with E-state index < -0.39 is 12.9 Å². The molecule has 0 bridgehead atoms. The van der Waals surface area contributed by atoms with E-state index in [2.05, 4.69) is 16.4 Å². The van der Waals surface area contributed by atoms with Crippen LogP contribution in [0.2, 0.25) is 0 Å². The molecule has 0 aromatic carbocycles. The van der Waals surface area contributed by atoms with Gasteiger partial charge in [-0.05, 0) is 6.42 Å². The summed E-state index contributed by atoms with van der Waals surface area (Å²) in [6, 6.07) is -0.287. The highest BCUT2D eigenvalue weighted by atomic mass is 35.5. The van der Waals surface area contributed by atoms with Crippen LogP contribution in [-0.4, -0.2) is 25.0 Å². The van der Waals surface area contributed by atoms with Crippen molar-refractivity contribution >= 4 is 23.7 Å². The standard InChI is InChI=1S/C13H23ClO5/c1-2-3-4-5-6-7-8-9-12(15)18-11-19-13(16)17-10-14/h2-11H2,1H3. The molecule has 0 aliphatic heterocycles. The molecule has 0 amide bonds. The third-order valence-electron chi connectivity index (χ3n) is 2.55. The summed E-state index contributed by atoms with van der Waals surface area (Å²) >= 11 is 5.14. The summed E-state index contributed by atoms with van der Waals surface area (Å²) in [6.45, 7) is 1.76. The normalized spacial score (nSPS) is 10.0. The van der Waals surface area contributed by atoms with E-state index in [9.17, 15) is 9.59 Å². The van der Waals surface area contributed by atoms with Crippen molar-refractivity contribution in [1.29, 1.82) is 0 Å². The van der Waals surface area contributed by atoms with E-state index in [-0.39, 0.29) is 12.0 Å². The zero-order chi connectivity index (χ0) is 14.3. The van der Waals surface area contributed by atoms with Crippen LogP contribution in [0.5, 0.6) is 0 Å². The monoisotopic (exact) mass is 294 g/mol. The van der Waals surface area contributed by atoms with Gasteiger partial charge in [0.2, 0.25) is 6.79 Å². The molecular formula is C13H23ClO5. The van der Waals surface area contributed by atoms with Crippen molar-refractivity contribution in [1.82, 2.24) is 0 Å². The van der Waals surface area contributed by atoms with E-state index >= 15 is 0 Å². The van der Waals surface area contributed by atoms with Crippen molar-refractivity contribution in [2.45, 2.75) is 58.3 Å². The van der Waals surface area contributed by atoms with Crippen LogP contribution >= 0.6 is 11.6 Å². The smallest absolute Gasteiger partial charge is 0.428 e. The number of ether oxygens (including phenoxy) is 3. The molecule has 5 nitrogen and oxygen atoms in total. The van der Waals surface area contributed by atoms with Crippen molar-refractivity contribution in [2.24, 2.45) is 0 Å². The second-order valence-corrected chi connectivity index (χ2v) is 4.37. The number of alkyl halides is 1. The Labute approximate surface area is 119 Å². The summed E-state index contributed by atoms with van der Waals surface area (Å²) in [5.74, 6) is -0.368. The number of rotatable bonds is 11. The minimum absolute atomic E-state index is 0.287. The largest absolute Gasteiger partial charge is 0.512 e. The Hall–Kier alpha value is -0.970. The number of hydrogen-bond acceptors (Lipinski definition) is 5. The predicted molar refractivity (Wildman–Crippen MR) is 71.9 cm³/mol. The molecule has 0 radical (unpaired) electrons. The van der Waals surface area contributed by atoms with E-state index in [4.69, 9.17) is 16.3 Å². The van der Waals surface area contributed by atoms with Crippen molar-refractivity contribution in [3.05, 3.63) is 0 Å². The second kappa shape index (κ2) is 13.5. The van der Waals surface area contributed by atoms with Gasteiger partial charge in [0, 0.05) is 6.42 Å². The molecule has 0 saturated carbocycles. The van der Waals surface area contributed by atoms with Gasteiger partial charge >= 0.3 is 12.1 Å². The third kappa shape index (κ3) is 13.3. The molecule has 0 aromatic heterocycles. The van der Waals surface area contributed by atoms with Crippen molar-refractivity contribution in [3.8, 4) is 0 Å². The lowest BCUT2D eigenvalue weighted by Gasteiger charge is -2.05. The summed E-state index contributed by atoms with van der Waals surface area (Å²) in [6.07, 6.45) is 7.36. The van der Waals surface area contributed by atoms with Crippen molar-refractivity contribution in [3.63, 3.8) is 0 Å². The van der Waals surface area contributed by atoms with E-state index in [0.717, 1.165) is 19.3 Å². The van der Waals surface area contributed by atoms with Gasteiger partial charge in [0.05, 0.1) is 0 Å². The van der Waals surface area contributed by atoms with E-state index in [1.807, 2.05) is 0 Å². The lowest BCUT2D eigenvalue weighted by Crippen LogP contribution is -2.13. The van der Waals surface area contributed by atoms with Gasteiger partial charge < -0.3 is 14.2 Å². The van der Waals surface area contributed by atoms with E-state index in [0.29, 0.717) is 6.42 Å². The summed E-state index contributed by atoms with van der Waals surface area (Å²) < 4.78 is 13.4. The molecule has 0 spiro atoms. The van der Waals surface area contributed by atoms with Gasteiger partial charge in [-0.15, -0.1) is 0 Å². The minimum atomic E-state index is -0.946. The third-order valence-corrected chi connectivity index (χ3v) is 2.66. The first-order valence-corrected chi connectivity index (χ1v) is 7.25. The Morgan fingerprint density at radius 2 is 1.53 bits per heavy atom. The highest BCUT2D eigenvalue weighted by molar-refractivity contribution is 6.17. The number of carbonyl (C=O) groups is 2. The van der Waals surface area contributed by atoms with Crippen LogP contribution in [0.1, 0.15) is 58.3 Å². The molecule has 0 fully saturated rings. The summed E-state index contributed by atoms with van der Waals surface area (Å²) in [5, 5.41) is 0. The fraction of sp³-hybridized carbons (Fsp3) is 0.846. The van der Waals surface area contributed by atoms with Gasteiger partial charge in [0.15, 0.2) is 6.07 Å². The Morgan fingerprint density at radius 1 is 0.895 bits per heavy atom. The van der Waals surface area contributed by atoms with Crippen LogP contribution in [0.3, 0.4) is 0 Å². The van der Waals surface area contributed by atoms with Crippen LogP contribution < -0.4 is 0 Å². The Morgan fingerprint density at radius 3 is 2.16 bits per heavy atom. The van der Waals surface area contributed by atoms with Crippen molar-refractivity contribution < 1.29 is 23.8 Å². The Bertz CT molecular complexity index is 245. The molecule has 0 aliphatic rings. The average Bonchev–Trinajstić information content (AvgIpc) is 2.38. The Balaban J connectivity index is 3.28. The number of unbranched alkanes of at least 4 members (excludes halogenated alkanes) is 6. The Kier molecular flexibility index (Phi) is 12.8. The van der Waals surface area contributed by atoms with Gasteiger partial charge in [-0.25, -0.2) is 4.79 Å². The zero-order valence-electron chi connectivity index (χ0n) is 11.5. The van der Waals surface area contributed by atoms with Gasteiger partial charge in [0.25, 0.3) is 0 Å². The molecule has 0 saturated heterocycles. The lowest BCUT2D eigenvalue weighted by atomic mass is 10.1. The van der Waals surface area contributed by atoms with Crippen molar-refractivity contribution in [2.75, 3.05) is 12.9 Å². The average molecular weight is 295 g/mol. The highest BCUT2D eigenvalue weighted by Crippen LogP contribution is 2.08. The molecule has 0 N–H and O–H groups in total. The maximum Gasteiger partial charge on any atom is 0.512 e. The molecule has 0 atom stereocenters. The summed E-state index contributed by atoms with van der Waals surface area (Å²) in [7, 11) is 0. The maximum absolute atomic E-state index is 11.2. The molecule has 0 rings (SSSR count). The quantitative estimate of drug-likeness (QED) is 0.250. The SMILES string of the molecule is CCCCCCCCCC(=O)OCOC(=O)OCCl. The number of esters is 1. The maximum atomic E-state index is 11.2. The van der Waals surface area contributed by atoms with Crippen LogP contribution in [0, 0.1) is 0 Å². The first kappa shape index (κ1) is 18.0. The fourth-order valence-corrected chi connectivity index (χ4v) is 1.62. The summed E-state index contributed by atoms with van der Waals surface area (Å²) in [4.78, 5) is 21.9. The van der Waals surface area contributed by atoms with Crippen LogP contribution in [0.25, 0.3) is 0 Å². The van der Waals surface area contributed by atoms with Gasteiger partial charge in [0.1, 0.15) is 0 Å². The number of halogens is 1. The molecule has 6 heteroatoms. The molecule has 112 valence electrons. The first-order valence-electron chi connectivity index (χ1n) is 6.71. The van der Waals surface area contributed by atoms with Crippen LogP contribution in [0.4, 0.5) is 4.79 Å². The van der Waals surface area contributed by atoms with Gasteiger partial charge in [-0.2, -0.15) is 0 Å². The second-order valence-electron chi connectivity index (χ2n) is 4.15.